The van der Waals surface area contributed by atoms with Crippen molar-refractivity contribution in [1.29, 1.82) is 0 Å². The molecule has 0 fully saturated rings. The summed E-state index contributed by atoms with van der Waals surface area (Å²) in [6.07, 6.45) is 6.14. The maximum Gasteiger partial charge on any atom is 0.163 e. The van der Waals surface area contributed by atoms with Crippen molar-refractivity contribution >= 4 is 52.5 Å². The third-order valence-electron chi connectivity index (χ3n) is 5.05. The van der Waals surface area contributed by atoms with Crippen LogP contribution in [0.1, 0.15) is 29.4 Å². The second-order valence-corrected chi connectivity index (χ2v) is 9.58. The van der Waals surface area contributed by atoms with Crippen LogP contribution in [0.25, 0.3) is 0 Å². The van der Waals surface area contributed by atoms with Crippen LogP contribution >= 0.6 is 40.0 Å². The first kappa shape index (κ1) is 23.2. The Labute approximate surface area is 195 Å². The average Bonchev–Trinajstić information content (AvgIpc) is 3.16. The van der Waals surface area contributed by atoms with Crippen LogP contribution in [0.4, 0.5) is 4.39 Å². The van der Waals surface area contributed by atoms with Gasteiger partial charge in [-0.3, -0.25) is 9.57 Å². The molecule has 2 heterocycles. The first-order chi connectivity index (χ1) is 14.5. The number of rotatable bonds is 8. The lowest BCUT2D eigenvalue weighted by Crippen LogP contribution is -2.32. The van der Waals surface area contributed by atoms with Crippen LogP contribution in [0.5, 0.6) is 0 Å². The van der Waals surface area contributed by atoms with Crippen LogP contribution in [0.3, 0.4) is 0 Å². The highest BCUT2D eigenvalue weighted by Crippen LogP contribution is 2.27. The van der Waals surface area contributed by atoms with E-state index in [4.69, 9.17) is 11.6 Å². The van der Waals surface area contributed by atoms with Gasteiger partial charge in [-0.25, -0.2) is 9.37 Å². The first-order valence-corrected chi connectivity index (χ1v) is 13.9. The summed E-state index contributed by atoms with van der Waals surface area (Å²) in [6, 6.07) is 4.96. The minimum atomic E-state index is -0.208. The number of halogens is 3. The predicted octanol–water partition coefficient (Wildman–Crippen LogP) is 4.50. The van der Waals surface area contributed by atoms with Gasteiger partial charge in [0.1, 0.15) is 10.8 Å². The molecule has 1 aromatic carbocycles. The summed E-state index contributed by atoms with van der Waals surface area (Å²) in [5, 5.41) is 4.47. The van der Waals surface area contributed by atoms with Gasteiger partial charge in [0.2, 0.25) is 0 Å². The highest BCUT2D eigenvalue weighted by molar-refractivity contribution is 14.2. The number of hydrogen-bond acceptors (Lipinski definition) is 5. The number of aldehydes is 1. The van der Waals surface area contributed by atoms with Crippen molar-refractivity contribution in [3.63, 3.8) is 0 Å². The van der Waals surface area contributed by atoms with Crippen molar-refractivity contribution in [1.82, 2.24) is 19.2 Å². The van der Waals surface area contributed by atoms with Crippen LogP contribution in [-0.2, 0) is 30.7 Å². The van der Waals surface area contributed by atoms with Gasteiger partial charge in [-0.05, 0) is 51.7 Å². The molecule has 1 aliphatic heterocycles. The third-order valence-corrected chi connectivity index (χ3v) is 7.78. The quantitative estimate of drug-likeness (QED) is 0.119. The van der Waals surface area contributed by atoms with E-state index in [1.165, 1.54) is 6.07 Å². The molecule has 160 valence electrons. The molecule has 0 saturated heterocycles. The fourth-order valence-electron chi connectivity index (χ4n) is 3.49. The summed E-state index contributed by atoms with van der Waals surface area (Å²) in [4.78, 5) is 17.9. The molecule has 0 N–H and O–H groups in total. The maximum absolute atomic E-state index is 13.6. The number of carbonyl (C=O) groups is 1. The van der Waals surface area contributed by atoms with Crippen molar-refractivity contribution in [2.24, 2.45) is 5.10 Å². The van der Waals surface area contributed by atoms with Crippen molar-refractivity contribution in [3.8, 4) is 0 Å². The van der Waals surface area contributed by atoms with Gasteiger partial charge < -0.3 is 9.47 Å². The largest absolute Gasteiger partial charge is 0.363 e. The number of aromatic nitrogens is 2. The van der Waals surface area contributed by atoms with E-state index >= 15 is 0 Å². The van der Waals surface area contributed by atoms with Crippen molar-refractivity contribution < 1.29 is 9.18 Å². The number of imidazole rings is 1. The van der Waals surface area contributed by atoms with E-state index in [-0.39, 0.29) is 10.8 Å². The Morgan fingerprint density at radius 1 is 1.47 bits per heavy atom. The molecule has 0 bridgehead atoms. The van der Waals surface area contributed by atoms with E-state index in [9.17, 15) is 9.18 Å². The average molecular weight is 562 g/mol. The Morgan fingerprint density at radius 3 is 2.97 bits per heavy atom. The third kappa shape index (κ3) is 5.39. The molecule has 0 radical (unpaired) electrons. The molecule has 10 heteroatoms. The van der Waals surface area contributed by atoms with E-state index in [0.717, 1.165) is 35.4 Å². The summed E-state index contributed by atoms with van der Waals surface area (Å²) in [5.41, 5.74) is 4.81. The van der Waals surface area contributed by atoms with E-state index in [2.05, 4.69) is 36.7 Å². The zero-order valence-electron chi connectivity index (χ0n) is 16.8. The van der Waals surface area contributed by atoms with Gasteiger partial charge in [-0.15, -0.1) is 0 Å². The van der Waals surface area contributed by atoms with Gasteiger partial charge in [0.25, 0.3) is 0 Å². The van der Waals surface area contributed by atoms with Gasteiger partial charge in [-0.2, -0.15) is 5.10 Å². The standard InChI is InChI=1S/C20H23ClFIN5OP/c1-3-14-8-16(22)5-4-15(14)10-28-13-24-18-11-27(7-6-19(18)28)20(17(21)12-29)9-25-26(2)30-23/h4-5,8-9,12-13,30H,3,6-7,10-11H2,1-2H3/b20-17-,25-9-. The molecular weight excluding hydrogens is 539 g/mol. The minimum absolute atomic E-state index is 0.130. The molecule has 0 saturated carbocycles. The Morgan fingerprint density at radius 2 is 2.27 bits per heavy atom. The van der Waals surface area contributed by atoms with Crippen LogP contribution in [0, 0.1) is 5.82 Å². The normalized spacial score (nSPS) is 15.0. The number of carbonyl (C=O) groups excluding carboxylic acids is 1. The number of allylic oxidation sites excluding steroid dienone is 2. The molecule has 1 aromatic heterocycles. The minimum Gasteiger partial charge on any atom is -0.363 e. The Bertz CT molecular complexity index is 980. The second-order valence-electron chi connectivity index (χ2n) is 6.91. The summed E-state index contributed by atoms with van der Waals surface area (Å²) in [5.74, 6) is -0.208. The highest BCUT2D eigenvalue weighted by Gasteiger charge is 2.24. The molecule has 0 aliphatic carbocycles. The molecule has 0 amide bonds. The van der Waals surface area contributed by atoms with Crippen LogP contribution < -0.4 is 0 Å². The van der Waals surface area contributed by atoms with Crippen LogP contribution in [0.15, 0.2) is 40.4 Å². The summed E-state index contributed by atoms with van der Waals surface area (Å²) < 4.78 is 17.5. The summed E-state index contributed by atoms with van der Waals surface area (Å²) in [6.45, 7) is 3.94. The van der Waals surface area contributed by atoms with Crippen molar-refractivity contribution in [3.05, 3.63) is 63.6 Å². The second kappa shape index (κ2) is 10.7. The van der Waals surface area contributed by atoms with Crippen LogP contribution in [-0.4, -0.2) is 45.3 Å². The van der Waals surface area contributed by atoms with Crippen LogP contribution in [0.2, 0.25) is 0 Å². The Kier molecular flexibility index (Phi) is 8.25. The topological polar surface area (TPSA) is 53.7 Å². The summed E-state index contributed by atoms with van der Waals surface area (Å²) in [7, 11) is 1.86. The van der Waals surface area contributed by atoms with E-state index < -0.39 is 0 Å². The molecule has 0 spiro atoms. The fourth-order valence-corrected chi connectivity index (χ4v) is 4.13. The zero-order valence-corrected chi connectivity index (χ0v) is 20.7. The number of fused-ring (bicyclic) bond motifs is 1. The molecule has 30 heavy (non-hydrogen) atoms. The Balaban J connectivity index is 1.82. The molecule has 6 nitrogen and oxygen atoms in total. The fraction of sp³-hybridized carbons (Fsp3) is 0.350. The smallest absolute Gasteiger partial charge is 0.163 e. The zero-order chi connectivity index (χ0) is 21.7. The van der Waals surface area contributed by atoms with Gasteiger partial charge in [0.05, 0.1) is 36.9 Å². The number of hydrogen-bond donors (Lipinski definition) is 0. The number of nitrogens with zero attached hydrogens (tertiary/aromatic N) is 5. The lowest BCUT2D eigenvalue weighted by atomic mass is 10.0. The van der Waals surface area contributed by atoms with Gasteiger partial charge in [0, 0.05) is 32.3 Å². The van der Waals surface area contributed by atoms with Crippen molar-refractivity contribution in [2.75, 3.05) is 13.6 Å². The lowest BCUT2D eigenvalue weighted by Gasteiger charge is -2.30. The number of hydrazone groups is 1. The van der Waals surface area contributed by atoms with Gasteiger partial charge >= 0.3 is 0 Å². The Hall–Kier alpha value is -1.51. The monoisotopic (exact) mass is 561 g/mol. The van der Waals surface area contributed by atoms with E-state index in [0.29, 0.717) is 38.0 Å². The van der Waals surface area contributed by atoms with Crippen molar-refractivity contribution in [2.45, 2.75) is 32.9 Å². The van der Waals surface area contributed by atoms with E-state index in [1.54, 1.807) is 17.1 Å². The molecule has 1 aliphatic rings. The van der Waals surface area contributed by atoms with Gasteiger partial charge in [0.15, 0.2) is 6.29 Å². The molecule has 1 unspecified atom stereocenters. The summed E-state index contributed by atoms with van der Waals surface area (Å²) >= 11 is 8.42. The predicted molar refractivity (Wildman–Crippen MR) is 129 cm³/mol. The van der Waals surface area contributed by atoms with Gasteiger partial charge in [-0.1, -0.05) is 24.6 Å². The molecule has 2 aromatic rings. The number of aryl methyl sites for hydroxylation is 1. The molecule has 1 atom stereocenters. The molecular formula is C20H23ClFIN5OP. The number of benzene rings is 1. The van der Waals surface area contributed by atoms with E-state index in [1.807, 2.05) is 31.3 Å². The SMILES string of the molecule is CCc1cc(F)ccc1Cn1cnc2c1CCN(C(/C=N\N(C)PI)=C(\Cl)C=O)C2. The first-order valence-electron chi connectivity index (χ1n) is 9.50. The lowest BCUT2D eigenvalue weighted by molar-refractivity contribution is -0.104. The highest BCUT2D eigenvalue weighted by atomic mass is 127. The maximum atomic E-state index is 13.6. The molecule has 3 rings (SSSR count).